The van der Waals surface area contributed by atoms with E-state index >= 15 is 0 Å². The number of carbonyl (C=O) groups is 1. The zero-order valence-electron chi connectivity index (χ0n) is 14.0. The van der Waals surface area contributed by atoms with Crippen molar-refractivity contribution in [3.05, 3.63) is 56.8 Å². The van der Waals surface area contributed by atoms with Gasteiger partial charge in [0.1, 0.15) is 5.76 Å². The van der Waals surface area contributed by atoms with E-state index in [9.17, 15) is 18.0 Å². The molecular formula is C18H15ClF3NO2S. The summed E-state index contributed by atoms with van der Waals surface area (Å²) in [7, 11) is 0. The Balaban J connectivity index is 1.71. The van der Waals surface area contributed by atoms with Crippen LogP contribution in [0.2, 0.25) is 5.02 Å². The van der Waals surface area contributed by atoms with Crippen molar-refractivity contribution in [2.75, 3.05) is 6.54 Å². The van der Waals surface area contributed by atoms with Gasteiger partial charge in [0, 0.05) is 21.1 Å². The van der Waals surface area contributed by atoms with Crippen molar-refractivity contribution in [3.8, 4) is 0 Å². The van der Waals surface area contributed by atoms with Gasteiger partial charge in [-0.15, -0.1) is 11.3 Å². The zero-order chi connectivity index (χ0) is 19.1. The maximum atomic E-state index is 12.9. The van der Waals surface area contributed by atoms with Gasteiger partial charge in [-0.1, -0.05) is 11.6 Å². The average Bonchev–Trinajstić information content (AvgIpc) is 3.09. The molecule has 2 heterocycles. The van der Waals surface area contributed by atoms with Crippen molar-refractivity contribution < 1.29 is 22.4 Å². The van der Waals surface area contributed by atoms with Crippen LogP contribution < -0.4 is 5.32 Å². The number of carbonyl (C=O) groups excluding carboxylic acids is 1. The summed E-state index contributed by atoms with van der Waals surface area (Å²) >= 11 is 7.60. The monoisotopic (exact) mass is 401 g/mol. The van der Waals surface area contributed by atoms with Gasteiger partial charge in [-0.3, -0.25) is 4.79 Å². The highest BCUT2D eigenvalue weighted by Crippen LogP contribution is 2.34. The van der Waals surface area contributed by atoms with Crippen molar-refractivity contribution in [3.63, 3.8) is 0 Å². The number of hydrogen-bond acceptors (Lipinski definition) is 3. The molecule has 0 unspecified atom stereocenters. The Morgan fingerprint density at radius 2 is 2.00 bits per heavy atom. The van der Waals surface area contributed by atoms with E-state index in [0.717, 1.165) is 26.6 Å². The lowest BCUT2D eigenvalue weighted by Gasteiger charge is -2.07. The Bertz CT molecular complexity index is 975. The molecule has 1 aromatic carbocycles. The molecule has 0 atom stereocenters. The number of furan rings is 1. The Hall–Kier alpha value is -1.99. The fourth-order valence-electron chi connectivity index (χ4n) is 2.76. The molecule has 0 bridgehead atoms. The first-order valence-corrected chi connectivity index (χ1v) is 8.99. The van der Waals surface area contributed by atoms with Crippen LogP contribution in [0.3, 0.4) is 0 Å². The number of thiophene rings is 1. The molecule has 1 N–H and O–H groups in total. The molecule has 3 nitrogen and oxygen atoms in total. The Labute approximate surface area is 156 Å². The molecule has 0 saturated heterocycles. The normalized spacial score (nSPS) is 11.9. The van der Waals surface area contributed by atoms with Crippen LogP contribution in [0.1, 0.15) is 32.3 Å². The highest BCUT2D eigenvalue weighted by atomic mass is 35.5. The van der Waals surface area contributed by atoms with Crippen molar-refractivity contribution in [2.24, 2.45) is 0 Å². The van der Waals surface area contributed by atoms with Crippen LogP contribution in [0, 0.1) is 13.8 Å². The average molecular weight is 402 g/mol. The molecule has 0 spiro atoms. The van der Waals surface area contributed by atoms with Crippen LogP contribution >= 0.6 is 22.9 Å². The van der Waals surface area contributed by atoms with Gasteiger partial charge in [0.15, 0.2) is 0 Å². The molecule has 0 aliphatic carbocycles. The van der Waals surface area contributed by atoms with E-state index in [2.05, 4.69) is 9.73 Å². The number of benzene rings is 1. The van der Waals surface area contributed by atoms with Gasteiger partial charge in [-0.2, -0.15) is 13.2 Å². The van der Waals surface area contributed by atoms with E-state index in [1.807, 2.05) is 25.1 Å². The quantitative estimate of drug-likeness (QED) is 0.604. The topological polar surface area (TPSA) is 42.2 Å². The first-order valence-electron chi connectivity index (χ1n) is 7.80. The Morgan fingerprint density at radius 3 is 2.69 bits per heavy atom. The maximum Gasteiger partial charge on any atom is 0.450 e. The summed E-state index contributed by atoms with van der Waals surface area (Å²) in [6.07, 6.45) is -4.19. The van der Waals surface area contributed by atoms with Crippen LogP contribution in [0.5, 0.6) is 0 Å². The third-order valence-electron chi connectivity index (χ3n) is 3.99. The third-order valence-corrected chi connectivity index (χ3v) is 5.56. The van der Waals surface area contributed by atoms with Crippen molar-refractivity contribution in [2.45, 2.75) is 26.4 Å². The minimum Gasteiger partial charge on any atom is -0.456 e. The number of nitrogens with one attached hydrogen (secondary N) is 1. The fraction of sp³-hybridized carbons (Fsp3) is 0.278. The predicted molar refractivity (Wildman–Crippen MR) is 96.1 cm³/mol. The summed E-state index contributed by atoms with van der Waals surface area (Å²) in [4.78, 5) is 13.2. The molecule has 0 aliphatic heterocycles. The second-order valence-corrected chi connectivity index (χ2v) is 7.47. The highest BCUT2D eigenvalue weighted by Gasteiger charge is 2.39. The molecule has 0 saturated carbocycles. The SMILES string of the molecule is Cc1cc(C(=O)NCCc2sc3ccc(Cl)cc3c2C)c(C(F)(F)F)o1. The molecule has 26 heavy (non-hydrogen) atoms. The number of hydrogen-bond donors (Lipinski definition) is 1. The summed E-state index contributed by atoms with van der Waals surface area (Å²) in [5, 5.41) is 4.23. The first kappa shape index (κ1) is 18.8. The number of alkyl halides is 3. The Morgan fingerprint density at radius 1 is 1.27 bits per heavy atom. The van der Waals surface area contributed by atoms with E-state index in [1.54, 1.807) is 11.3 Å². The smallest absolute Gasteiger partial charge is 0.450 e. The second kappa shape index (κ2) is 6.96. The molecule has 3 aromatic rings. The van der Waals surface area contributed by atoms with Gasteiger partial charge >= 0.3 is 6.18 Å². The maximum absolute atomic E-state index is 12.9. The number of aryl methyl sites for hydroxylation is 2. The summed E-state index contributed by atoms with van der Waals surface area (Å²) in [5.41, 5.74) is 0.576. The zero-order valence-corrected chi connectivity index (χ0v) is 15.5. The number of amides is 1. The molecule has 138 valence electrons. The van der Waals surface area contributed by atoms with Crippen LogP contribution in [-0.4, -0.2) is 12.5 Å². The van der Waals surface area contributed by atoms with Gasteiger partial charge in [-0.05, 0) is 55.5 Å². The van der Waals surface area contributed by atoms with E-state index in [0.29, 0.717) is 11.4 Å². The van der Waals surface area contributed by atoms with Crippen LogP contribution in [0.4, 0.5) is 13.2 Å². The van der Waals surface area contributed by atoms with Gasteiger partial charge in [0.25, 0.3) is 5.91 Å². The number of fused-ring (bicyclic) bond motifs is 1. The first-order chi connectivity index (χ1) is 12.2. The van der Waals surface area contributed by atoms with Crippen LogP contribution in [-0.2, 0) is 12.6 Å². The lowest BCUT2D eigenvalue weighted by molar-refractivity contribution is -0.153. The standard InChI is InChI=1S/C18H15ClF3NO2S/c1-9-7-13(16(25-9)18(20,21)22)17(24)23-6-5-14-10(2)12-8-11(19)3-4-15(12)26-14/h3-4,7-8H,5-6H2,1-2H3,(H,23,24). The van der Waals surface area contributed by atoms with Gasteiger partial charge in [0.05, 0.1) is 5.56 Å². The van der Waals surface area contributed by atoms with Crippen LogP contribution in [0.25, 0.3) is 10.1 Å². The molecule has 2 aromatic heterocycles. The van der Waals surface area contributed by atoms with Gasteiger partial charge in [0.2, 0.25) is 5.76 Å². The van der Waals surface area contributed by atoms with Crippen molar-refractivity contribution in [1.29, 1.82) is 0 Å². The highest BCUT2D eigenvalue weighted by molar-refractivity contribution is 7.19. The molecule has 1 amide bonds. The summed E-state index contributed by atoms with van der Waals surface area (Å²) in [6.45, 7) is 3.56. The molecular weight excluding hydrogens is 387 g/mol. The van der Waals surface area contributed by atoms with Crippen molar-refractivity contribution in [1.82, 2.24) is 5.32 Å². The van der Waals surface area contributed by atoms with E-state index < -0.39 is 23.4 Å². The number of rotatable bonds is 4. The van der Waals surface area contributed by atoms with E-state index in [4.69, 9.17) is 11.6 Å². The van der Waals surface area contributed by atoms with E-state index in [1.165, 1.54) is 6.92 Å². The van der Waals surface area contributed by atoms with Gasteiger partial charge in [-0.25, -0.2) is 0 Å². The largest absolute Gasteiger partial charge is 0.456 e. The minimum absolute atomic E-state index is 0.0414. The minimum atomic E-state index is -4.71. The molecule has 0 aliphatic rings. The lowest BCUT2D eigenvalue weighted by atomic mass is 10.1. The summed E-state index contributed by atoms with van der Waals surface area (Å²) in [6, 6.07) is 6.73. The fourth-order valence-corrected chi connectivity index (χ4v) is 4.12. The lowest BCUT2D eigenvalue weighted by Crippen LogP contribution is -2.27. The third kappa shape index (κ3) is 3.73. The predicted octanol–water partition coefficient (Wildman–Crippen LogP) is 5.76. The summed E-state index contributed by atoms with van der Waals surface area (Å²) in [5.74, 6) is -2.02. The number of halogens is 4. The Kier molecular flexibility index (Phi) is 5.03. The second-order valence-electron chi connectivity index (χ2n) is 5.89. The van der Waals surface area contributed by atoms with Crippen molar-refractivity contribution >= 4 is 38.9 Å². The van der Waals surface area contributed by atoms with E-state index in [-0.39, 0.29) is 12.3 Å². The summed E-state index contributed by atoms with van der Waals surface area (Å²) < 4.78 is 44.5. The van der Waals surface area contributed by atoms with Gasteiger partial charge < -0.3 is 9.73 Å². The molecule has 3 rings (SSSR count). The molecule has 0 radical (unpaired) electrons. The molecule has 8 heteroatoms. The molecule has 0 fully saturated rings. The van der Waals surface area contributed by atoms with Crippen LogP contribution in [0.15, 0.2) is 28.7 Å².